The van der Waals surface area contributed by atoms with Crippen LogP contribution in [0.2, 0.25) is 0 Å². The van der Waals surface area contributed by atoms with Gasteiger partial charge in [-0.05, 0) is 19.4 Å². The van der Waals surface area contributed by atoms with Gasteiger partial charge >= 0.3 is 0 Å². The van der Waals surface area contributed by atoms with E-state index >= 15 is 0 Å². The van der Waals surface area contributed by atoms with Gasteiger partial charge in [0.2, 0.25) is 0 Å². The SMILES string of the molecule is CCOC(CNc1cc(C)ncn1)c1ccccc1. The zero-order valence-electron chi connectivity index (χ0n) is 11.3. The minimum Gasteiger partial charge on any atom is -0.372 e. The summed E-state index contributed by atoms with van der Waals surface area (Å²) >= 11 is 0. The molecule has 4 heteroatoms. The highest BCUT2D eigenvalue weighted by Crippen LogP contribution is 2.17. The van der Waals surface area contributed by atoms with Gasteiger partial charge in [-0.3, -0.25) is 0 Å². The first-order valence-corrected chi connectivity index (χ1v) is 6.48. The molecule has 1 atom stereocenters. The summed E-state index contributed by atoms with van der Waals surface area (Å²) in [5.41, 5.74) is 2.12. The van der Waals surface area contributed by atoms with Crippen LogP contribution in [0.25, 0.3) is 0 Å². The van der Waals surface area contributed by atoms with Crippen LogP contribution >= 0.6 is 0 Å². The van der Waals surface area contributed by atoms with Crippen LogP contribution in [0.1, 0.15) is 24.3 Å². The standard InChI is InChI=1S/C15H19N3O/c1-3-19-14(13-7-5-4-6-8-13)10-16-15-9-12(2)17-11-18-15/h4-9,11,14H,3,10H2,1-2H3,(H,16,17,18). The molecule has 0 aliphatic heterocycles. The van der Waals surface area contributed by atoms with Crippen LogP contribution in [0.4, 0.5) is 5.82 Å². The summed E-state index contributed by atoms with van der Waals surface area (Å²) in [6.45, 7) is 5.33. The second-order valence-electron chi connectivity index (χ2n) is 4.28. The molecule has 1 aromatic carbocycles. The smallest absolute Gasteiger partial charge is 0.129 e. The number of nitrogens with zero attached hydrogens (tertiary/aromatic N) is 2. The fourth-order valence-corrected chi connectivity index (χ4v) is 1.89. The lowest BCUT2D eigenvalue weighted by molar-refractivity contribution is 0.0718. The molecule has 0 radical (unpaired) electrons. The van der Waals surface area contributed by atoms with Crippen LogP contribution in [-0.2, 0) is 4.74 Å². The third kappa shape index (κ3) is 4.03. The van der Waals surface area contributed by atoms with Crippen LogP contribution in [0, 0.1) is 6.92 Å². The number of hydrogen-bond acceptors (Lipinski definition) is 4. The van der Waals surface area contributed by atoms with Crippen LogP contribution in [0.3, 0.4) is 0 Å². The zero-order chi connectivity index (χ0) is 13.5. The van der Waals surface area contributed by atoms with Gasteiger partial charge in [0.05, 0.1) is 6.10 Å². The molecule has 1 aromatic heterocycles. The second-order valence-corrected chi connectivity index (χ2v) is 4.28. The summed E-state index contributed by atoms with van der Waals surface area (Å²) < 4.78 is 5.77. The third-order valence-corrected chi connectivity index (χ3v) is 2.81. The van der Waals surface area contributed by atoms with E-state index in [2.05, 4.69) is 27.4 Å². The van der Waals surface area contributed by atoms with Gasteiger partial charge in [0.1, 0.15) is 12.1 Å². The average molecular weight is 257 g/mol. The molecule has 2 aromatic rings. The van der Waals surface area contributed by atoms with Gasteiger partial charge in [0.25, 0.3) is 0 Å². The van der Waals surface area contributed by atoms with Crippen molar-refractivity contribution in [3.8, 4) is 0 Å². The number of rotatable bonds is 6. The molecule has 0 saturated carbocycles. The highest BCUT2D eigenvalue weighted by atomic mass is 16.5. The lowest BCUT2D eigenvalue weighted by Gasteiger charge is -2.18. The van der Waals surface area contributed by atoms with Crippen molar-refractivity contribution in [3.63, 3.8) is 0 Å². The van der Waals surface area contributed by atoms with E-state index in [1.54, 1.807) is 6.33 Å². The highest BCUT2D eigenvalue weighted by molar-refractivity contribution is 5.35. The highest BCUT2D eigenvalue weighted by Gasteiger charge is 2.11. The van der Waals surface area contributed by atoms with Crippen molar-refractivity contribution in [2.45, 2.75) is 20.0 Å². The number of anilines is 1. The van der Waals surface area contributed by atoms with Crippen LogP contribution in [-0.4, -0.2) is 23.1 Å². The quantitative estimate of drug-likeness (QED) is 0.864. The fraction of sp³-hybridized carbons (Fsp3) is 0.333. The van der Waals surface area contributed by atoms with Crippen LogP contribution < -0.4 is 5.32 Å². The molecule has 0 fully saturated rings. The zero-order valence-corrected chi connectivity index (χ0v) is 11.3. The van der Waals surface area contributed by atoms with Crippen LogP contribution in [0.15, 0.2) is 42.7 Å². The van der Waals surface area contributed by atoms with Crippen molar-refractivity contribution in [2.24, 2.45) is 0 Å². The van der Waals surface area contributed by atoms with Gasteiger partial charge < -0.3 is 10.1 Å². The summed E-state index contributed by atoms with van der Waals surface area (Å²) in [6.07, 6.45) is 1.59. The first kappa shape index (κ1) is 13.5. The molecule has 0 amide bonds. The molecular weight excluding hydrogens is 238 g/mol. The number of aromatic nitrogens is 2. The number of benzene rings is 1. The molecule has 0 saturated heterocycles. The monoisotopic (exact) mass is 257 g/mol. The van der Waals surface area contributed by atoms with Crippen molar-refractivity contribution < 1.29 is 4.74 Å². The maximum absolute atomic E-state index is 5.77. The summed E-state index contributed by atoms with van der Waals surface area (Å²) in [5, 5.41) is 3.29. The van der Waals surface area contributed by atoms with Crippen molar-refractivity contribution >= 4 is 5.82 Å². The number of hydrogen-bond donors (Lipinski definition) is 1. The van der Waals surface area contributed by atoms with E-state index in [-0.39, 0.29) is 6.10 Å². The van der Waals surface area contributed by atoms with Gasteiger partial charge in [-0.15, -0.1) is 0 Å². The Bertz CT molecular complexity index is 502. The van der Waals surface area contributed by atoms with Crippen molar-refractivity contribution in [1.82, 2.24) is 9.97 Å². The predicted octanol–water partition coefficient (Wildman–Crippen LogP) is 2.97. The Balaban J connectivity index is 2.01. The Morgan fingerprint density at radius 2 is 2.00 bits per heavy atom. The van der Waals surface area contributed by atoms with Crippen molar-refractivity contribution in [1.29, 1.82) is 0 Å². The summed E-state index contributed by atoms with van der Waals surface area (Å²) in [6, 6.07) is 12.1. The minimum atomic E-state index is 0.0291. The normalized spacial score (nSPS) is 12.1. The predicted molar refractivity (Wildman–Crippen MR) is 76.1 cm³/mol. The third-order valence-electron chi connectivity index (χ3n) is 2.81. The Morgan fingerprint density at radius 3 is 2.68 bits per heavy atom. The van der Waals surface area contributed by atoms with E-state index in [4.69, 9.17) is 4.74 Å². The van der Waals surface area contributed by atoms with Gasteiger partial charge in [-0.1, -0.05) is 30.3 Å². The Hall–Kier alpha value is -1.94. The summed E-state index contributed by atoms with van der Waals surface area (Å²) in [4.78, 5) is 8.27. The largest absolute Gasteiger partial charge is 0.372 e. The van der Waals surface area contributed by atoms with Gasteiger partial charge in [-0.2, -0.15) is 0 Å². The van der Waals surface area contributed by atoms with E-state index in [1.807, 2.05) is 38.1 Å². The van der Waals surface area contributed by atoms with E-state index < -0.39 is 0 Å². The van der Waals surface area contributed by atoms with Crippen molar-refractivity contribution in [2.75, 3.05) is 18.5 Å². The summed E-state index contributed by atoms with van der Waals surface area (Å²) in [5.74, 6) is 0.827. The molecule has 19 heavy (non-hydrogen) atoms. The molecular formula is C15H19N3O. The van der Waals surface area contributed by atoms with Gasteiger partial charge in [-0.25, -0.2) is 9.97 Å². The number of nitrogens with one attached hydrogen (secondary N) is 1. The molecule has 0 aliphatic carbocycles. The molecule has 0 aliphatic rings. The maximum Gasteiger partial charge on any atom is 0.129 e. The minimum absolute atomic E-state index is 0.0291. The molecule has 1 unspecified atom stereocenters. The first-order valence-electron chi connectivity index (χ1n) is 6.48. The molecule has 1 N–H and O–H groups in total. The number of ether oxygens (including phenoxy) is 1. The van der Waals surface area contributed by atoms with Gasteiger partial charge in [0.15, 0.2) is 0 Å². The maximum atomic E-state index is 5.77. The lowest BCUT2D eigenvalue weighted by atomic mass is 10.1. The van der Waals surface area contributed by atoms with E-state index in [9.17, 15) is 0 Å². The molecule has 0 bridgehead atoms. The van der Waals surface area contributed by atoms with E-state index in [0.717, 1.165) is 11.5 Å². The molecule has 4 nitrogen and oxygen atoms in total. The first-order chi connectivity index (χ1) is 9.29. The Kier molecular flexibility index (Phi) is 4.86. The fourth-order valence-electron chi connectivity index (χ4n) is 1.89. The molecule has 100 valence electrons. The van der Waals surface area contributed by atoms with E-state index in [1.165, 1.54) is 5.56 Å². The molecule has 1 heterocycles. The molecule has 0 spiro atoms. The van der Waals surface area contributed by atoms with Crippen LogP contribution in [0.5, 0.6) is 0 Å². The van der Waals surface area contributed by atoms with E-state index in [0.29, 0.717) is 13.2 Å². The Labute approximate surface area is 113 Å². The second kappa shape index (κ2) is 6.85. The Morgan fingerprint density at radius 1 is 1.21 bits per heavy atom. The molecule has 2 rings (SSSR count). The average Bonchev–Trinajstić information content (AvgIpc) is 2.44. The lowest BCUT2D eigenvalue weighted by Crippen LogP contribution is -2.16. The number of aryl methyl sites for hydroxylation is 1. The van der Waals surface area contributed by atoms with Gasteiger partial charge in [0, 0.05) is 24.9 Å². The topological polar surface area (TPSA) is 47.0 Å². The summed E-state index contributed by atoms with van der Waals surface area (Å²) in [7, 11) is 0. The van der Waals surface area contributed by atoms with Crippen molar-refractivity contribution in [3.05, 3.63) is 54.0 Å².